The van der Waals surface area contributed by atoms with Gasteiger partial charge in [0.1, 0.15) is 0 Å². The van der Waals surface area contributed by atoms with Gasteiger partial charge in [-0.2, -0.15) is 0 Å². The number of ether oxygens (including phenoxy) is 1. The van der Waals surface area contributed by atoms with Crippen molar-refractivity contribution in [3.63, 3.8) is 0 Å². The van der Waals surface area contributed by atoms with Crippen molar-refractivity contribution in [3.8, 4) is 0 Å². The summed E-state index contributed by atoms with van der Waals surface area (Å²) in [6, 6.07) is 7.84. The minimum absolute atomic E-state index is 0.448. The summed E-state index contributed by atoms with van der Waals surface area (Å²) in [5.74, 6) is -0.451. The number of unbranched alkanes of at least 4 members (excludes halogenated alkanes) is 1. The molecule has 1 aromatic rings. The third kappa shape index (κ3) is 3.91. The van der Waals surface area contributed by atoms with Gasteiger partial charge in [-0.3, -0.25) is 4.79 Å². The minimum Gasteiger partial charge on any atom is -0.501 e. The van der Waals surface area contributed by atoms with E-state index in [-0.39, 0.29) is 0 Å². The van der Waals surface area contributed by atoms with Gasteiger partial charge in [-0.25, -0.2) is 0 Å². The van der Waals surface area contributed by atoms with Gasteiger partial charge in [-0.15, -0.1) is 0 Å². The molecule has 0 spiro atoms. The van der Waals surface area contributed by atoms with Crippen LogP contribution in [0.15, 0.2) is 30.5 Å². The molecule has 0 aromatic heterocycles. The highest BCUT2D eigenvalue weighted by Gasteiger charge is 2.12. The molecule has 0 aliphatic rings. The maximum absolute atomic E-state index is 11.5. The molecule has 0 aliphatic carbocycles. The first-order chi connectivity index (χ1) is 8.70. The van der Waals surface area contributed by atoms with E-state index < -0.39 is 5.91 Å². The van der Waals surface area contributed by atoms with Crippen molar-refractivity contribution < 1.29 is 9.53 Å². The molecule has 0 bridgehead atoms. The van der Waals surface area contributed by atoms with Gasteiger partial charge in [-0.05, 0) is 30.9 Å². The number of hydrogen-bond acceptors (Lipinski definition) is 2. The van der Waals surface area contributed by atoms with Crippen LogP contribution in [-0.4, -0.2) is 12.5 Å². The lowest BCUT2D eigenvalue weighted by Gasteiger charge is -2.10. The summed E-state index contributed by atoms with van der Waals surface area (Å²) in [5, 5.41) is 0. The summed E-state index contributed by atoms with van der Waals surface area (Å²) >= 11 is 0. The lowest BCUT2D eigenvalue weighted by atomic mass is 9.96. The smallest absolute Gasteiger partial charge is 0.252 e. The molecule has 3 heteroatoms. The number of benzene rings is 1. The van der Waals surface area contributed by atoms with Gasteiger partial charge in [0.2, 0.25) is 0 Å². The third-order valence-electron chi connectivity index (χ3n) is 2.74. The van der Waals surface area contributed by atoms with Crippen molar-refractivity contribution in [3.05, 3.63) is 41.7 Å². The number of nitrogens with two attached hydrogens (primary N) is 1. The lowest BCUT2D eigenvalue weighted by molar-refractivity contribution is -0.112. The molecule has 0 radical (unpaired) electrons. The number of carbonyl (C=O) groups excluding carboxylic acids is 1. The van der Waals surface area contributed by atoms with Crippen molar-refractivity contribution in [2.75, 3.05) is 6.61 Å². The Morgan fingerprint density at radius 1 is 1.33 bits per heavy atom. The molecule has 18 heavy (non-hydrogen) atoms. The standard InChI is InChI=1S/C15H21NO2/c1-3-5-8-12-9-6-7-10-13(12)14(15(16)17)11-18-4-2/h6-7,9-11H,3-5,8H2,1-2H3,(H2,16,17). The first-order valence-electron chi connectivity index (χ1n) is 6.40. The van der Waals surface area contributed by atoms with Gasteiger partial charge in [0.05, 0.1) is 18.4 Å². The molecule has 1 aromatic carbocycles. The van der Waals surface area contributed by atoms with Gasteiger partial charge in [-0.1, -0.05) is 37.6 Å². The Kier molecular flexibility index (Phi) is 5.98. The van der Waals surface area contributed by atoms with Gasteiger partial charge in [0.25, 0.3) is 5.91 Å². The zero-order chi connectivity index (χ0) is 13.4. The van der Waals surface area contributed by atoms with Crippen LogP contribution in [0, 0.1) is 0 Å². The number of carbonyl (C=O) groups is 1. The second-order valence-electron chi connectivity index (χ2n) is 4.11. The van der Waals surface area contributed by atoms with Crippen LogP contribution in [0.1, 0.15) is 37.8 Å². The normalized spacial score (nSPS) is 11.3. The van der Waals surface area contributed by atoms with E-state index in [9.17, 15) is 4.79 Å². The van der Waals surface area contributed by atoms with Crippen molar-refractivity contribution in [2.45, 2.75) is 33.1 Å². The molecule has 0 saturated carbocycles. The van der Waals surface area contributed by atoms with Crippen molar-refractivity contribution in [1.82, 2.24) is 0 Å². The Morgan fingerprint density at radius 2 is 2.06 bits per heavy atom. The predicted octanol–water partition coefficient (Wildman–Crippen LogP) is 2.89. The number of hydrogen-bond donors (Lipinski definition) is 1. The van der Waals surface area contributed by atoms with E-state index in [1.807, 2.05) is 31.2 Å². The molecule has 0 atom stereocenters. The van der Waals surface area contributed by atoms with Crippen LogP contribution in [-0.2, 0) is 16.0 Å². The fourth-order valence-corrected chi connectivity index (χ4v) is 1.79. The first-order valence-corrected chi connectivity index (χ1v) is 6.40. The molecule has 0 unspecified atom stereocenters. The number of rotatable bonds is 7. The highest BCUT2D eigenvalue weighted by molar-refractivity contribution is 6.18. The Hall–Kier alpha value is -1.77. The van der Waals surface area contributed by atoms with E-state index in [1.54, 1.807) is 0 Å². The van der Waals surface area contributed by atoms with Gasteiger partial charge >= 0.3 is 0 Å². The van der Waals surface area contributed by atoms with Gasteiger partial charge in [0.15, 0.2) is 0 Å². The molecule has 1 amide bonds. The van der Waals surface area contributed by atoms with Crippen LogP contribution in [0.3, 0.4) is 0 Å². The molecule has 98 valence electrons. The van der Waals surface area contributed by atoms with E-state index >= 15 is 0 Å². The quantitative estimate of drug-likeness (QED) is 0.595. The Balaban J connectivity index is 3.07. The minimum atomic E-state index is -0.451. The highest BCUT2D eigenvalue weighted by atomic mass is 16.5. The molecule has 3 nitrogen and oxygen atoms in total. The molecular formula is C15H21NO2. The fraction of sp³-hybridized carbons (Fsp3) is 0.400. The largest absolute Gasteiger partial charge is 0.501 e. The van der Waals surface area contributed by atoms with E-state index in [2.05, 4.69) is 6.92 Å². The third-order valence-corrected chi connectivity index (χ3v) is 2.74. The van der Waals surface area contributed by atoms with Gasteiger partial charge in [0, 0.05) is 0 Å². The molecule has 1 rings (SSSR count). The monoisotopic (exact) mass is 247 g/mol. The van der Waals surface area contributed by atoms with E-state index in [4.69, 9.17) is 10.5 Å². The molecule has 0 aliphatic heterocycles. The second-order valence-corrected chi connectivity index (χ2v) is 4.11. The first kappa shape index (κ1) is 14.3. The summed E-state index contributed by atoms with van der Waals surface area (Å²) in [4.78, 5) is 11.5. The SMILES string of the molecule is CCCCc1ccccc1C(=COCC)C(N)=O. The van der Waals surface area contributed by atoms with Crippen LogP contribution in [0.4, 0.5) is 0 Å². The molecule has 0 fully saturated rings. The summed E-state index contributed by atoms with van der Waals surface area (Å²) in [5.41, 5.74) is 7.89. The zero-order valence-corrected chi connectivity index (χ0v) is 11.1. The van der Waals surface area contributed by atoms with Crippen LogP contribution in [0.2, 0.25) is 0 Å². The number of aryl methyl sites for hydroxylation is 1. The van der Waals surface area contributed by atoms with Crippen molar-refractivity contribution in [1.29, 1.82) is 0 Å². The lowest BCUT2D eigenvalue weighted by Crippen LogP contribution is -2.14. The topological polar surface area (TPSA) is 52.3 Å². The summed E-state index contributed by atoms with van der Waals surface area (Å²) in [7, 11) is 0. The van der Waals surface area contributed by atoms with Crippen LogP contribution < -0.4 is 5.73 Å². The Labute approximate surface area is 109 Å². The van der Waals surface area contributed by atoms with E-state index in [0.717, 1.165) is 30.4 Å². The van der Waals surface area contributed by atoms with Crippen LogP contribution in [0.5, 0.6) is 0 Å². The van der Waals surface area contributed by atoms with E-state index in [1.165, 1.54) is 6.26 Å². The second kappa shape index (κ2) is 7.54. The molecule has 0 saturated heterocycles. The maximum Gasteiger partial charge on any atom is 0.252 e. The van der Waals surface area contributed by atoms with Crippen molar-refractivity contribution in [2.24, 2.45) is 5.73 Å². The molecular weight excluding hydrogens is 226 g/mol. The Bertz CT molecular complexity index is 424. The predicted molar refractivity (Wildman–Crippen MR) is 73.9 cm³/mol. The number of amides is 1. The Morgan fingerprint density at radius 3 is 2.67 bits per heavy atom. The van der Waals surface area contributed by atoms with Crippen LogP contribution in [0.25, 0.3) is 5.57 Å². The summed E-state index contributed by atoms with van der Waals surface area (Å²) < 4.78 is 5.21. The van der Waals surface area contributed by atoms with E-state index in [0.29, 0.717) is 12.2 Å². The maximum atomic E-state index is 11.5. The van der Waals surface area contributed by atoms with Crippen molar-refractivity contribution >= 4 is 11.5 Å². The average Bonchev–Trinajstić information content (AvgIpc) is 2.37. The summed E-state index contributed by atoms with van der Waals surface area (Å²) in [6.45, 7) is 4.54. The summed E-state index contributed by atoms with van der Waals surface area (Å²) in [6.07, 6.45) is 4.63. The molecule has 0 heterocycles. The average molecular weight is 247 g/mol. The zero-order valence-electron chi connectivity index (χ0n) is 11.1. The van der Waals surface area contributed by atoms with Gasteiger partial charge < -0.3 is 10.5 Å². The number of primary amides is 1. The molecule has 2 N–H and O–H groups in total. The highest BCUT2D eigenvalue weighted by Crippen LogP contribution is 2.21. The van der Waals surface area contributed by atoms with Crippen LogP contribution >= 0.6 is 0 Å². The fourth-order valence-electron chi connectivity index (χ4n) is 1.79.